The predicted molar refractivity (Wildman–Crippen MR) is 98.9 cm³/mol. The molecule has 7 heteroatoms. The fourth-order valence-electron chi connectivity index (χ4n) is 3.10. The van der Waals surface area contributed by atoms with E-state index in [1.165, 1.54) is 0 Å². The van der Waals surface area contributed by atoms with E-state index in [4.69, 9.17) is 0 Å². The van der Waals surface area contributed by atoms with Crippen molar-refractivity contribution in [1.29, 1.82) is 0 Å². The van der Waals surface area contributed by atoms with Crippen molar-refractivity contribution in [3.8, 4) is 0 Å². The molecular weight excluding hydrogens is 326 g/mol. The summed E-state index contributed by atoms with van der Waals surface area (Å²) in [5.74, 6) is 0.0459. The number of carbonyl (C=O) groups is 1. The third kappa shape index (κ3) is 5.18. The van der Waals surface area contributed by atoms with Crippen LogP contribution in [0.15, 0.2) is 0 Å². The molecule has 24 heavy (non-hydrogen) atoms. The Bertz CT molecular complexity index is 491. The van der Waals surface area contributed by atoms with Gasteiger partial charge in [0, 0.05) is 13.1 Å². The summed E-state index contributed by atoms with van der Waals surface area (Å²) in [7, 11) is 0. The summed E-state index contributed by atoms with van der Waals surface area (Å²) >= 11 is 0. The van der Waals surface area contributed by atoms with Gasteiger partial charge in [0.25, 0.3) is 5.91 Å². The third-order valence-electron chi connectivity index (χ3n) is 4.63. The molecule has 1 amide bonds. The summed E-state index contributed by atoms with van der Waals surface area (Å²) in [5, 5.41) is 11.9. The monoisotopic (exact) mass is 357 g/mol. The quantitative estimate of drug-likeness (QED) is 0.776. The van der Waals surface area contributed by atoms with Crippen molar-refractivity contribution in [3.63, 3.8) is 0 Å². The number of nitrogens with zero attached hydrogens (tertiary/aromatic N) is 4. The second kappa shape index (κ2) is 10.7. The normalized spacial score (nSPS) is 15.1. The van der Waals surface area contributed by atoms with E-state index >= 15 is 0 Å². The minimum Gasteiger partial charge on any atom is -0.337 e. The van der Waals surface area contributed by atoms with E-state index in [0.29, 0.717) is 11.7 Å². The Kier molecular flexibility index (Phi) is 9.29. The number of halogens is 1. The first kappa shape index (κ1) is 20.9. The molecule has 1 fully saturated rings. The highest BCUT2D eigenvalue weighted by Crippen LogP contribution is 2.21. The Balaban J connectivity index is 0.00000288. The van der Waals surface area contributed by atoms with E-state index < -0.39 is 0 Å². The highest BCUT2D eigenvalue weighted by Gasteiger charge is 2.25. The van der Waals surface area contributed by atoms with E-state index in [0.717, 1.165) is 70.4 Å². The molecule has 0 aromatic carbocycles. The first-order chi connectivity index (χ1) is 11.2. The van der Waals surface area contributed by atoms with Crippen LogP contribution in [0.4, 0.5) is 0 Å². The molecule has 1 aliphatic rings. The van der Waals surface area contributed by atoms with Crippen LogP contribution in [0.3, 0.4) is 0 Å². The molecule has 2 heterocycles. The summed E-state index contributed by atoms with van der Waals surface area (Å²) in [6, 6.07) is 0.366. The average molecular weight is 358 g/mol. The van der Waals surface area contributed by atoms with Gasteiger partial charge in [-0.3, -0.25) is 4.79 Å². The second-order valence-corrected chi connectivity index (χ2v) is 6.45. The summed E-state index contributed by atoms with van der Waals surface area (Å²) in [4.78, 5) is 14.8. The van der Waals surface area contributed by atoms with Crippen LogP contribution in [0.5, 0.6) is 0 Å². The SMILES string of the molecule is CCCCN(CCCC)C(=O)c1nnn(C2CCNCC2)c1C.Cl. The number of hydrogen-bond donors (Lipinski definition) is 1. The fourth-order valence-corrected chi connectivity index (χ4v) is 3.10. The highest BCUT2D eigenvalue weighted by molar-refractivity contribution is 5.93. The molecule has 1 aromatic heterocycles. The van der Waals surface area contributed by atoms with Gasteiger partial charge in [-0.25, -0.2) is 4.68 Å². The Labute approximate surface area is 151 Å². The number of carbonyl (C=O) groups excluding carboxylic acids is 1. The number of amides is 1. The van der Waals surface area contributed by atoms with Gasteiger partial charge in [-0.15, -0.1) is 17.5 Å². The second-order valence-electron chi connectivity index (χ2n) is 6.45. The molecule has 0 spiro atoms. The van der Waals surface area contributed by atoms with Gasteiger partial charge in [-0.05, 0) is 45.7 Å². The number of rotatable bonds is 8. The summed E-state index contributed by atoms with van der Waals surface area (Å²) in [6.45, 7) is 9.93. The van der Waals surface area contributed by atoms with Crippen molar-refractivity contribution in [1.82, 2.24) is 25.2 Å². The van der Waals surface area contributed by atoms with Gasteiger partial charge in [0.1, 0.15) is 0 Å². The summed E-state index contributed by atoms with van der Waals surface area (Å²) in [5.41, 5.74) is 1.45. The van der Waals surface area contributed by atoms with Crippen molar-refractivity contribution < 1.29 is 4.79 Å². The van der Waals surface area contributed by atoms with Gasteiger partial charge < -0.3 is 10.2 Å². The standard InChI is InChI=1S/C17H31N5O.ClH/c1-4-6-12-21(13-7-5-2)17(23)16-14(3)22(20-19-16)15-8-10-18-11-9-15;/h15,18H,4-13H2,1-3H3;1H. The Morgan fingerprint density at radius 1 is 1.21 bits per heavy atom. The maximum absolute atomic E-state index is 12.9. The maximum Gasteiger partial charge on any atom is 0.276 e. The molecule has 1 aliphatic heterocycles. The number of nitrogens with one attached hydrogen (secondary N) is 1. The smallest absolute Gasteiger partial charge is 0.276 e. The molecule has 6 nitrogen and oxygen atoms in total. The van der Waals surface area contributed by atoms with Crippen molar-refractivity contribution in [2.75, 3.05) is 26.2 Å². The molecule has 0 atom stereocenters. The van der Waals surface area contributed by atoms with E-state index in [1.54, 1.807) is 0 Å². The molecule has 138 valence electrons. The molecule has 2 rings (SSSR count). The molecule has 0 bridgehead atoms. The van der Waals surface area contributed by atoms with E-state index in [9.17, 15) is 4.79 Å². The van der Waals surface area contributed by atoms with Gasteiger partial charge in [-0.2, -0.15) is 0 Å². The van der Waals surface area contributed by atoms with Crippen LogP contribution < -0.4 is 5.32 Å². The summed E-state index contributed by atoms with van der Waals surface area (Å²) < 4.78 is 1.96. The minimum absolute atomic E-state index is 0. The van der Waals surface area contributed by atoms with E-state index in [1.807, 2.05) is 16.5 Å². The van der Waals surface area contributed by atoms with Crippen molar-refractivity contribution in [2.24, 2.45) is 0 Å². The minimum atomic E-state index is 0. The number of unbranched alkanes of at least 4 members (excludes halogenated alkanes) is 2. The van der Waals surface area contributed by atoms with E-state index in [-0.39, 0.29) is 18.3 Å². The van der Waals surface area contributed by atoms with Crippen LogP contribution in [0, 0.1) is 6.92 Å². The van der Waals surface area contributed by atoms with Crippen molar-refractivity contribution in [3.05, 3.63) is 11.4 Å². The molecule has 0 aliphatic carbocycles. The average Bonchev–Trinajstić information content (AvgIpc) is 2.97. The van der Waals surface area contributed by atoms with Gasteiger partial charge in [0.2, 0.25) is 0 Å². The Hall–Kier alpha value is -1.14. The zero-order valence-corrected chi connectivity index (χ0v) is 16.1. The zero-order chi connectivity index (χ0) is 16.7. The van der Waals surface area contributed by atoms with Crippen LogP contribution in [-0.4, -0.2) is 52.0 Å². The molecule has 1 saturated heterocycles. The number of hydrogen-bond acceptors (Lipinski definition) is 4. The lowest BCUT2D eigenvalue weighted by Gasteiger charge is -2.24. The summed E-state index contributed by atoms with van der Waals surface area (Å²) in [6.07, 6.45) is 6.36. The zero-order valence-electron chi connectivity index (χ0n) is 15.3. The Morgan fingerprint density at radius 3 is 2.33 bits per heavy atom. The fraction of sp³-hybridized carbons (Fsp3) is 0.824. The molecule has 0 radical (unpaired) electrons. The van der Waals surface area contributed by atoms with Crippen LogP contribution in [0.2, 0.25) is 0 Å². The van der Waals surface area contributed by atoms with Crippen molar-refractivity contribution >= 4 is 18.3 Å². The molecule has 1 aromatic rings. The maximum atomic E-state index is 12.9. The largest absolute Gasteiger partial charge is 0.337 e. The van der Waals surface area contributed by atoms with Crippen LogP contribution >= 0.6 is 12.4 Å². The predicted octanol–water partition coefficient (Wildman–Crippen LogP) is 2.98. The molecule has 0 saturated carbocycles. The van der Waals surface area contributed by atoms with Gasteiger partial charge in [-0.1, -0.05) is 31.9 Å². The lowest BCUT2D eigenvalue weighted by molar-refractivity contribution is 0.0744. The topological polar surface area (TPSA) is 63.1 Å². The Morgan fingerprint density at radius 2 is 1.79 bits per heavy atom. The van der Waals surface area contributed by atoms with Crippen LogP contribution in [0.1, 0.15) is 74.6 Å². The van der Waals surface area contributed by atoms with Gasteiger partial charge in [0.05, 0.1) is 11.7 Å². The van der Waals surface area contributed by atoms with Crippen LogP contribution in [0.25, 0.3) is 0 Å². The van der Waals surface area contributed by atoms with Crippen molar-refractivity contribution in [2.45, 2.75) is 65.3 Å². The number of piperidine rings is 1. The molecule has 0 unspecified atom stereocenters. The molecule has 1 N–H and O–H groups in total. The van der Waals surface area contributed by atoms with Gasteiger partial charge >= 0.3 is 0 Å². The third-order valence-corrected chi connectivity index (χ3v) is 4.63. The highest BCUT2D eigenvalue weighted by atomic mass is 35.5. The molecular formula is C17H32ClN5O. The number of aromatic nitrogens is 3. The lowest BCUT2D eigenvalue weighted by Crippen LogP contribution is -2.34. The van der Waals surface area contributed by atoms with Crippen LogP contribution in [-0.2, 0) is 0 Å². The first-order valence-electron chi connectivity index (χ1n) is 9.10. The van der Waals surface area contributed by atoms with E-state index in [2.05, 4.69) is 29.5 Å². The first-order valence-corrected chi connectivity index (χ1v) is 9.10. The lowest BCUT2D eigenvalue weighted by atomic mass is 10.1. The van der Waals surface area contributed by atoms with Gasteiger partial charge in [0.15, 0.2) is 5.69 Å².